The summed E-state index contributed by atoms with van der Waals surface area (Å²) in [6, 6.07) is 8.44. The SMILES string of the molecule is CCOC(=O)c1n[nH]c(O)c1-c1ccc(C#N)cc1. The molecule has 1 heterocycles. The molecule has 0 saturated heterocycles. The molecule has 0 bridgehead atoms. The largest absolute Gasteiger partial charge is 0.493 e. The Kier molecular flexibility index (Phi) is 3.48. The van der Waals surface area contributed by atoms with Gasteiger partial charge in [0.1, 0.15) is 0 Å². The van der Waals surface area contributed by atoms with Gasteiger partial charge in [0, 0.05) is 0 Å². The monoisotopic (exact) mass is 257 g/mol. The van der Waals surface area contributed by atoms with Gasteiger partial charge >= 0.3 is 5.97 Å². The molecule has 0 spiro atoms. The van der Waals surface area contributed by atoms with Crippen LogP contribution in [0.25, 0.3) is 11.1 Å². The first kappa shape index (κ1) is 12.6. The van der Waals surface area contributed by atoms with E-state index in [0.717, 1.165) is 0 Å². The number of H-pyrrole nitrogens is 1. The van der Waals surface area contributed by atoms with Gasteiger partial charge in [-0.2, -0.15) is 10.4 Å². The molecular formula is C13H11N3O3. The minimum atomic E-state index is -0.613. The summed E-state index contributed by atoms with van der Waals surface area (Å²) in [5.41, 5.74) is 1.35. The number of aromatic amines is 1. The number of carbonyl (C=O) groups is 1. The first-order chi connectivity index (χ1) is 9.17. The van der Waals surface area contributed by atoms with E-state index in [-0.39, 0.29) is 23.7 Å². The summed E-state index contributed by atoms with van der Waals surface area (Å²) >= 11 is 0. The molecule has 0 aliphatic rings. The molecule has 96 valence electrons. The quantitative estimate of drug-likeness (QED) is 0.817. The van der Waals surface area contributed by atoms with E-state index in [2.05, 4.69) is 10.2 Å². The number of ether oxygens (including phenoxy) is 1. The van der Waals surface area contributed by atoms with Crippen molar-refractivity contribution in [2.24, 2.45) is 0 Å². The van der Waals surface area contributed by atoms with Crippen LogP contribution in [0.1, 0.15) is 23.0 Å². The molecule has 0 atom stereocenters. The lowest BCUT2D eigenvalue weighted by atomic mass is 10.0. The van der Waals surface area contributed by atoms with Crippen LogP contribution in [0, 0.1) is 11.3 Å². The smallest absolute Gasteiger partial charge is 0.359 e. The van der Waals surface area contributed by atoms with Gasteiger partial charge in [0.2, 0.25) is 5.88 Å². The van der Waals surface area contributed by atoms with E-state index in [1.54, 1.807) is 31.2 Å². The second-order valence-corrected chi connectivity index (χ2v) is 3.71. The highest BCUT2D eigenvalue weighted by Crippen LogP contribution is 2.31. The lowest BCUT2D eigenvalue weighted by molar-refractivity contribution is 0.0520. The van der Waals surface area contributed by atoms with Crippen molar-refractivity contribution in [1.29, 1.82) is 5.26 Å². The molecule has 0 unspecified atom stereocenters. The van der Waals surface area contributed by atoms with E-state index in [9.17, 15) is 9.90 Å². The number of hydrogen-bond acceptors (Lipinski definition) is 5. The van der Waals surface area contributed by atoms with Gasteiger partial charge in [-0.25, -0.2) is 9.89 Å². The molecule has 2 rings (SSSR count). The first-order valence-electron chi connectivity index (χ1n) is 5.62. The summed E-state index contributed by atoms with van der Waals surface area (Å²) in [6.45, 7) is 1.91. The summed E-state index contributed by atoms with van der Waals surface area (Å²) < 4.78 is 4.86. The van der Waals surface area contributed by atoms with Crippen molar-refractivity contribution in [3.63, 3.8) is 0 Å². The van der Waals surface area contributed by atoms with Gasteiger partial charge in [0.05, 0.1) is 23.8 Å². The highest BCUT2D eigenvalue weighted by molar-refractivity contribution is 5.96. The van der Waals surface area contributed by atoms with Crippen molar-refractivity contribution in [2.45, 2.75) is 6.92 Å². The summed E-state index contributed by atoms with van der Waals surface area (Å²) in [6.07, 6.45) is 0. The van der Waals surface area contributed by atoms with E-state index in [1.165, 1.54) is 0 Å². The molecule has 1 aromatic carbocycles. The van der Waals surface area contributed by atoms with Crippen LogP contribution in [0.4, 0.5) is 0 Å². The van der Waals surface area contributed by atoms with Gasteiger partial charge in [-0.1, -0.05) is 12.1 Å². The zero-order valence-electron chi connectivity index (χ0n) is 10.2. The summed E-state index contributed by atoms with van der Waals surface area (Å²) in [7, 11) is 0. The molecule has 0 aliphatic heterocycles. The standard InChI is InChI=1S/C13H11N3O3/c1-2-19-13(18)11-10(12(17)16-15-11)9-5-3-8(7-14)4-6-9/h3-6H,2H2,1H3,(H2,15,16,17). The summed E-state index contributed by atoms with van der Waals surface area (Å²) in [5.74, 6) is -0.828. The molecule has 1 aromatic heterocycles. The fourth-order valence-electron chi connectivity index (χ4n) is 1.66. The highest BCUT2D eigenvalue weighted by atomic mass is 16.5. The van der Waals surface area contributed by atoms with Gasteiger partial charge in [0.25, 0.3) is 0 Å². The normalized spacial score (nSPS) is 9.89. The molecule has 0 saturated carbocycles. The van der Waals surface area contributed by atoms with E-state index in [0.29, 0.717) is 11.1 Å². The Balaban J connectivity index is 2.46. The topological polar surface area (TPSA) is 99.0 Å². The molecule has 2 N–H and O–H groups in total. The number of nitrogens with one attached hydrogen (secondary N) is 1. The number of benzene rings is 1. The van der Waals surface area contributed by atoms with Crippen molar-refractivity contribution >= 4 is 5.97 Å². The Morgan fingerprint density at radius 2 is 2.16 bits per heavy atom. The van der Waals surface area contributed by atoms with Crippen molar-refractivity contribution in [1.82, 2.24) is 10.2 Å². The number of aromatic nitrogens is 2. The summed E-state index contributed by atoms with van der Waals surface area (Å²) in [5, 5.41) is 24.6. The molecule has 6 heteroatoms. The minimum absolute atomic E-state index is 0.0176. The molecule has 6 nitrogen and oxygen atoms in total. The number of esters is 1. The predicted molar refractivity (Wildman–Crippen MR) is 66.4 cm³/mol. The van der Waals surface area contributed by atoms with Crippen molar-refractivity contribution in [3.8, 4) is 23.1 Å². The summed E-state index contributed by atoms with van der Waals surface area (Å²) in [4.78, 5) is 11.7. The van der Waals surface area contributed by atoms with Crippen molar-refractivity contribution in [2.75, 3.05) is 6.61 Å². The fraction of sp³-hybridized carbons (Fsp3) is 0.154. The van der Waals surface area contributed by atoms with E-state index >= 15 is 0 Å². The van der Waals surface area contributed by atoms with Crippen molar-refractivity contribution in [3.05, 3.63) is 35.5 Å². The third kappa shape index (κ3) is 2.40. The van der Waals surface area contributed by atoms with Crippen LogP contribution < -0.4 is 0 Å². The molecule has 0 aliphatic carbocycles. The number of hydrogen-bond donors (Lipinski definition) is 2. The van der Waals surface area contributed by atoms with Crippen LogP contribution in [0.2, 0.25) is 0 Å². The van der Waals surface area contributed by atoms with Crippen LogP contribution in [-0.2, 0) is 4.74 Å². The number of aromatic hydroxyl groups is 1. The molecule has 0 amide bonds. The second-order valence-electron chi connectivity index (χ2n) is 3.71. The average molecular weight is 257 g/mol. The van der Waals surface area contributed by atoms with E-state index in [1.807, 2.05) is 6.07 Å². The second kappa shape index (κ2) is 5.23. The van der Waals surface area contributed by atoms with Gasteiger partial charge in [-0.15, -0.1) is 0 Å². The third-order valence-corrected chi connectivity index (χ3v) is 2.52. The molecule has 0 radical (unpaired) electrons. The average Bonchev–Trinajstić information content (AvgIpc) is 2.81. The first-order valence-corrected chi connectivity index (χ1v) is 5.62. The zero-order chi connectivity index (χ0) is 13.8. The number of nitriles is 1. The zero-order valence-corrected chi connectivity index (χ0v) is 10.2. The van der Waals surface area contributed by atoms with Gasteiger partial charge < -0.3 is 9.84 Å². The van der Waals surface area contributed by atoms with E-state index < -0.39 is 5.97 Å². The number of carbonyl (C=O) groups excluding carboxylic acids is 1. The Labute approximate surface area is 109 Å². The van der Waals surface area contributed by atoms with Crippen LogP contribution in [-0.4, -0.2) is 27.9 Å². The highest BCUT2D eigenvalue weighted by Gasteiger charge is 2.21. The fourth-order valence-corrected chi connectivity index (χ4v) is 1.66. The number of nitrogens with zero attached hydrogens (tertiary/aromatic N) is 2. The van der Waals surface area contributed by atoms with E-state index in [4.69, 9.17) is 10.00 Å². The molecular weight excluding hydrogens is 246 g/mol. The van der Waals surface area contributed by atoms with Crippen LogP contribution >= 0.6 is 0 Å². The molecule has 0 fully saturated rings. The number of rotatable bonds is 3. The maximum atomic E-state index is 11.7. The Hall–Kier alpha value is -2.81. The lowest BCUT2D eigenvalue weighted by Crippen LogP contribution is -2.06. The van der Waals surface area contributed by atoms with Crippen LogP contribution in [0.15, 0.2) is 24.3 Å². The Bertz CT molecular complexity index is 638. The molecule has 19 heavy (non-hydrogen) atoms. The Morgan fingerprint density at radius 3 is 2.74 bits per heavy atom. The van der Waals surface area contributed by atoms with Crippen molar-refractivity contribution < 1.29 is 14.6 Å². The van der Waals surface area contributed by atoms with Gasteiger partial charge in [-0.05, 0) is 24.6 Å². The van der Waals surface area contributed by atoms with Gasteiger partial charge in [-0.3, -0.25) is 0 Å². The maximum absolute atomic E-state index is 11.7. The Morgan fingerprint density at radius 1 is 1.47 bits per heavy atom. The predicted octanol–water partition coefficient (Wildman–Crippen LogP) is 1.83. The third-order valence-electron chi connectivity index (χ3n) is 2.52. The minimum Gasteiger partial charge on any atom is -0.493 e. The molecule has 2 aromatic rings. The van der Waals surface area contributed by atoms with Gasteiger partial charge in [0.15, 0.2) is 5.69 Å². The van der Waals surface area contributed by atoms with Crippen LogP contribution in [0.5, 0.6) is 5.88 Å². The lowest BCUT2D eigenvalue weighted by Gasteiger charge is -2.03. The maximum Gasteiger partial charge on any atom is 0.359 e. The van der Waals surface area contributed by atoms with Crippen LogP contribution in [0.3, 0.4) is 0 Å².